The molecule has 1 aliphatic rings. The minimum absolute atomic E-state index is 0.0624. The summed E-state index contributed by atoms with van der Waals surface area (Å²) < 4.78 is 1.42. The van der Waals surface area contributed by atoms with Crippen LogP contribution in [0.2, 0.25) is 0 Å². The Morgan fingerprint density at radius 3 is 2.47 bits per heavy atom. The maximum atomic E-state index is 13.1. The summed E-state index contributed by atoms with van der Waals surface area (Å²) in [6.45, 7) is 9.27. The first-order valence-corrected chi connectivity index (χ1v) is 10.3. The monoisotopic (exact) mass is 406 g/mol. The number of anilines is 1. The lowest BCUT2D eigenvalue weighted by molar-refractivity contribution is 0.0747. The van der Waals surface area contributed by atoms with Crippen molar-refractivity contribution in [1.82, 2.24) is 14.5 Å². The Bertz CT molecular complexity index is 1230. The molecule has 1 saturated heterocycles. The number of nitrogens with one attached hydrogen (secondary N) is 1. The first-order valence-electron chi connectivity index (χ1n) is 10.3. The summed E-state index contributed by atoms with van der Waals surface area (Å²) in [6, 6.07) is 11.4. The van der Waals surface area contributed by atoms with Gasteiger partial charge in [-0.15, -0.1) is 0 Å². The van der Waals surface area contributed by atoms with Crippen LogP contribution in [0.15, 0.2) is 46.0 Å². The number of nitrogens with zero attached hydrogens (tertiary/aromatic N) is 3. The summed E-state index contributed by atoms with van der Waals surface area (Å²) in [6.07, 6.45) is 0. The predicted molar refractivity (Wildman–Crippen MR) is 119 cm³/mol. The molecule has 2 heterocycles. The summed E-state index contributed by atoms with van der Waals surface area (Å²) in [7, 11) is 0. The van der Waals surface area contributed by atoms with Gasteiger partial charge in [-0.25, -0.2) is 0 Å². The molecule has 1 fully saturated rings. The molecule has 1 aromatic heterocycles. The third-order valence-corrected chi connectivity index (χ3v) is 6.02. The Morgan fingerprint density at radius 1 is 1.03 bits per heavy atom. The highest BCUT2D eigenvalue weighted by atomic mass is 16.2. The van der Waals surface area contributed by atoms with E-state index in [0.29, 0.717) is 36.2 Å². The minimum Gasteiger partial charge on any atom is -0.368 e. The van der Waals surface area contributed by atoms with E-state index in [1.165, 1.54) is 21.4 Å². The molecule has 0 radical (unpaired) electrons. The van der Waals surface area contributed by atoms with Crippen LogP contribution in [0, 0.1) is 13.8 Å². The SMILES string of the molecule is CCn1c(=O)c(=O)[nH]c2cc(C(=O)N3CCN(c4cccc(C)c4C)CC3)ccc21. The number of H-pyrrole nitrogens is 1. The van der Waals surface area contributed by atoms with Gasteiger partial charge in [0, 0.05) is 44.0 Å². The number of carbonyl (C=O) groups excluding carboxylic acids is 1. The third kappa shape index (κ3) is 3.40. The van der Waals surface area contributed by atoms with Gasteiger partial charge >= 0.3 is 11.1 Å². The van der Waals surface area contributed by atoms with E-state index in [0.717, 1.165) is 13.1 Å². The molecular formula is C23H26N4O3. The van der Waals surface area contributed by atoms with E-state index in [2.05, 4.69) is 41.9 Å². The molecule has 0 saturated carbocycles. The lowest BCUT2D eigenvalue weighted by Crippen LogP contribution is -2.49. The van der Waals surface area contributed by atoms with Crippen LogP contribution in [0.3, 0.4) is 0 Å². The molecular weight excluding hydrogens is 380 g/mol. The zero-order chi connectivity index (χ0) is 21.4. The van der Waals surface area contributed by atoms with Crippen molar-refractivity contribution in [3.8, 4) is 0 Å². The molecule has 156 valence electrons. The van der Waals surface area contributed by atoms with Crippen LogP contribution in [0.1, 0.15) is 28.4 Å². The van der Waals surface area contributed by atoms with Crippen molar-refractivity contribution in [3.63, 3.8) is 0 Å². The number of benzene rings is 2. The van der Waals surface area contributed by atoms with Gasteiger partial charge in [-0.3, -0.25) is 14.4 Å². The molecule has 4 rings (SSSR count). The van der Waals surface area contributed by atoms with Crippen LogP contribution in [0.25, 0.3) is 11.0 Å². The molecule has 30 heavy (non-hydrogen) atoms. The van der Waals surface area contributed by atoms with Gasteiger partial charge < -0.3 is 19.4 Å². The van der Waals surface area contributed by atoms with Gasteiger partial charge in [0.05, 0.1) is 11.0 Å². The fourth-order valence-corrected chi connectivity index (χ4v) is 4.14. The molecule has 0 atom stereocenters. The quantitative estimate of drug-likeness (QED) is 0.677. The molecule has 0 spiro atoms. The number of aromatic amines is 1. The Kier molecular flexibility index (Phi) is 5.20. The van der Waals surface area contributed by atoms with Crippen LogP contribution >= 0.6 is 0 Å². The number of hydrogen-bond acceptors (Lipinski definition) is 4. The van der Waals surface area contributed by atoms with Crippen LogP contribution in [-0.4, -0.2) is 46.5 Å². The van der Waals surface area contributed by atoms with Crippen LogP contribution in [0.4, 0.5) is 5.69 Å². The summed E-state index contributed by atoms with van der Waals surface area (Å²) >= 11 is 0. The zero-order valence-corrected chi connectivity index (χ0v) is 17.6. The summed E-state index contributed by atoms with van der Waals surface area (Å²) in [5, 5.41) is 0. The fraction of sp³-hybridized carbons (Fsp3) is 0.348. The van der Waals surface area contributed by atoms with E-state index in [9.17, 15) is 14.4 Å². The zero-order valence-electron chi connectivity index (χ0n) is 17.6. The summed E-state index contributed by atoms with van der Waals surface area (Å²) in [4.78, 5) is 43.8. The molecule has 7 nitrogen and oxygen atoms in total. The van der Waals surface area contributed by atoms with E-state index in [1.807, 2.05) is 11.8 Å². The second kappa shape index (κ2) is 7.82. The number of aromatic nitrogens is 2. The van der Waals surface area contributed by atoms with Gasteiger partial charge in [-0.05, 0) is 56.2 Å². The number of fused-ring (bicyclic) bond motifs is 1. The number of piperazine rings is 1. The lowest BCUT2D eigenvalue weighted by Gasteiger charge is -2.37. The normalized spacial score (nSPS) is 14.4. The van der Waals surface area contributed by atoms with Crippen molar-refractivity contribution >= 4 is 22.6 Å². The second-order valence-corrected chi connectivity index (χ2v) is 7.73. The van der Waals surface area contributed by atoms with Crippen LogP contribution in [-0.2, 0) is 6.54 Å². The van der Waals surface area contributed by atoms with Gasteiger partial charge in [0.15, 0.2) is 0 Å². The molecule has 7 heteroatoms. The smallest absolute Gasteiger partial charge is 0.316 e. The van der Waals surface area contributed by atoms with Gasteiger partial charge in [0.25, 0.3) is 5.91 Å². The lowest BCUT2D eigenvalue weighted by atomic mass is 10.1. The van der Waals surface area contributed by atoms with Crippen molar-refractivity contribution in [2.75, 3.05) is 31.1 Å². The van der Waals surface area contributed by atoms with Crippen molar-refractivity contribution in [3.05, 3.63) is 73.8 Å². The first-order chi connectivity index (χ1) is 14.4. The molecule has 3 aromatic rings. The largest absolute Gasteiger partial charge is 0.368 e. The highest BCUT2D eigenvalue weighted by molar-refractivity contribution is 5.97. The van der Waals surface area contributed by atoms with Crippen LogP contribution in [0.5, 0.6) is 0 Å². The number of hydrogen-bond donors (Lipinski definition) is 1. The molecule has 1 aliphatic heterocycles. The molecule has 2 aromatic carbocycles. The predicted octanol–water partition coefficient (Wildman–Crippen LogP) is 2.29. The van der Waals surface area contributed by atoms with E-state index >= 15 is 0 Å². The molecule has 1 amide bonds. The number of carbonyl (C=O) groups is 1. The Morgan fingerprint density at radius 2 is 1.77 bits per heavy atom. The van der Waals surface area contributed by atoms with Gasteiger partial charge in [-0.1, -0.05) is 12.1 Å². The van der Waals surface area contributed by atoms with Crippen LogP contribution < -0.4 is 16.0 Å². The Balaban J connectivity index is 1.55. The topological polar surface area (TPSA) is 78.4 Å². The number of amides is 1. The standard InChI is InChI=1S/C23H26N4O3/c1-4-27-20-9-8-17(14-18(20)24-21(28)23(27)30)22(29)26-12-10-25(11-13-26)19-7-5-6-15(2)16(19)3/h5-9,14H,4,10-13H2,1-3H3,(H,24,28). The minimum atomic E-state index is -0.670. The summed E-state index contributed by atoms with van der Waals surface area (Å²) in [5.74, 6) is -0.0624. The maximum Gasteiger partial charge on any atom is 0.316 e. The third-order valence-electron chi connectivity index (χ3n) is 6.02. The van der Waals surface area contributed by atoms with Gasteiger partial charge in [-0.2, -0.15) is 0 Å². The van der Waals surface area contributed by atoms with E-state index in [1.54, 1.807) is 18.2 Å². The number of aryl methyl sites for hydroxylation is 2. The van der Waals surface area contributed by atoms with Crippen molar-refractivity contribution in [1.29, 1.82) is 0 Å². The Labute approximate surface area is 174 Å². The van der Waals surface area contributed by atoms with Crippen molar-refractivity contribution < 1.29 is 4.79 Å². The van der Waals surface area contributed by atoms with E-state index in [4.69, 9.17) is 0 Å². The number of rotatable bonds is 3. The maximum absolute atomic E-state index is 13.1. The van der Waals surface area contributed by atoms with Crippen molar-refractivity contribution in [2.24, 2.45) is 0 Å². The molecule has 0 aliphatic carbocycles. The van der Waals surface area contributed by atoms with E-state index < -0.39 is 11.1 Å². The average molecular weight is 406 g/mol. The average Bonchev–Trinajstić information content (AvgIpc) is 2.76. The molecule has 0 bridgehead atoms. The Hall–Kier alpha value is -3.35. The highest BCUT2D eigenvalue weighted by Gasteiger charge is 2.23. The second-order valence-electron chi connectivity index (χ2n) is 7.73. The highest BCUT2D eigenvalue weighted by Crippen LogP contribution is 2.24. The first kappa shape index (κ1) is 19.9. The molecule has 1 N–H and O–H groups in total. The van der Waals surface area contributed by atoms with Gasteiger partial charge in [0.1, 0.15) is 0 Å². The van der Waals surface area contributed by atoms with Crippen molar-refractivity contribution in [2.45, 2.75) is 27.3 Å². The van der Waals surface area contributed by atoms with E-state index in [-0.39, 0.29) is 5.91 Å². The summed E-state index contributed by atoms with van der Waals surface area (Å²) in [5.41, 5.74) is 4.16. The molecule has 0 unspecified atom stereocenters. The van der Waals surface area contributed by atoms with Gasteiger partial charge in [0.2, 0.25) is 0 Å². The fourth-order valence-electron chi connectivity index (χ4n) is 4.14.